The van der Waals surface area contributed by atoms with Gasteiger partial charge in [0.2, 0.25) is 15.9 Å². The summed E-state index contributed by atoms with van der Waals surface area (Å²) in [7, 11) is -3.63. The summed E-state index contributed by atoms with van der Waals surface area (Å²) in [6.45, 7) is 0.440. The SMILES string of the molecule is O=C(N/N=C\c1cccc([N+](=O)[O-])c1)C1CCN(S(=O)(=O)c2ccc(Cl)cc2)CC1. The smallest absolute Gasteiger partial charge is 0.270 e. The minimum Gasteiger partial charge on any atom is -0.273 e. The Labute approximate surface area is 178 Å². The molecule has 0 spiro atoms. The van der Waals surface area contributed by atoms with E-state index in [0.29, 0.717) is 23.4 Å². The maximum absolute atomic E-state index is 12.7. The van der Waals surface area contributed by atoms with Crippen LogP contribution in [0.25, 0.3) is 0 Å². The zero-order valence-electron chi connectivity index (χ0n) is 15.8. The van der Waals surface area contributed by atoms with Gasteiger partial charge in [0.05, 0.1) is 16.0 Å². The van der Waals surface area contributed by atoms with Crippen LogP contribution in [0.4, 0.5) is 5.69 Å². The number of carbonyl (C=O) groups is 1. The van der Waals surface area contributed by atoms with Crippen molar-refractivity contribution in [2.75, 3.05) is 13.1 Å². The maximum atomic E-state index is 12.7. The lowest BCUT2D eigenvalue weighted by atomic mass is 9.98. The summed E-state index contributed by atoms with van der Waals surface area (Å²) in [5.41, 5.74) is 2.83. The van der Waals surface area contributed by atoms with Gasteiger partial charge in [0, 0.05) is 41.7 Å². The molecule has 1 amide bonds. The highest BCUT2D eigenvalue weighted by Gasteiger charge is 2.32. The van der Waals surface area contributed by atoms with E-state index in [4.69, 9.17) is 11.6 Å². The third-order valence-corrected chi connectivity index (χ3v) is 6.91. The van der Waals surface area contributed by atoms with E-state index in [1.54, 1.807) is 6.07 Å². The van der Waals surface area contributed by atoms with Crippen LogP contribution in [-0.4, -0.2) is 42.9 Å². The summed E-state index contributed by atoms with van der Waals surface area (Å²) in [6, 6.07) is 11.8. The lowest BCUT2D eigenvalue weighted by Gasteiger charge is -2.30. The molecule has 0 aliphatic carbocycles. The minimum atomic E-state index is -3.63. The lowest BCUT2D eigenvalue weighted by Crippen LogP contribution is -2.42. The second kappa shape index (κ2) is 9.33. The molecule has 1 aliphatic rings. The van der Waals surface area contributed by atoms with E-state index in [9.17, 15) is 23.3 Å². The number of sulfonamides is 1. The Morgan fingerprint density at radius 1 is 1.20 bits per heavy atom. The van der Waals surface area contributed by atoms with Crippen LogP contribution in [-0.2, 0) is 14.8 Å². The van der Waals surface area contributed by atoms with E-state index in [-0.39, 0.29) is 35.5 Å². The van der Waals surface area contributed by atoms with Crippen molar-refractivity contribution in [3.8, 4) is 0 Å². The highest BCUT2D eigenvalue weighted by molar-refractivity contribution is 7.89. The van der Waals surface area contributed by atoms with Crippen LogP contribution in [0.3, 0.4) is 0 Å². The molecule has 1 fully saturated rings. The lowest BCUT2D eigenvalue weighted by molar-refractivity contribution is -0.384. The van der Waals surface area contributed by atoms with Crippen LogP contribution in [0.5, 0.6) is 0 Å². The first-order chi connectivity index (χ1) is 14.3. The minimum absolute atomic E-state index is 0.0699. The highest BCUT2D eigenvalue weighted by atomic mass is 35.5. The van der Waals surface area contributed by atoms with Crippen LogP contribution in [0.2, 0.25) is 5.02 Å². The normalized spacial score (nSPS) is 15.9. The molecule has 1 saturated heterocycles. The average molecular weight is 451 g/mol. The summed E-state index contributed by atoms with van der Waals surface area (Å²) in [4.78, 5) is 22.7. The number of benzene rings is 2. The van der Waals surface area contributed by atoms with Gasteiger partial charge in [-0.15, -0.1) is 0 Å². The van der Waals surface area contributed by atoms with Crippen LogP contribution in [0.1, 0.15) is 18.4 Å². The molecule has 2 aromatic rings. The van der Waals surface area contributed by atoms with Crippen molar-refractivity contribution in [3.63, 3.8) is 0 Å². The zero-order chi connectivity index (χ0) is 21.7. The van der Waals surface area contributed by atoms with Crippen LogP contribution < -0.4 is 5.43 Å². The molecule has 158 valence electrons. The fourth-order valence-corrected chi connectivity index (χ4v) is 4.69. The summed E-state index contributed by atoms with van der Waals surface area (Å²) in [6.07, 6.45) is 2.06. The van der Waals surface area contributed by atoms with Crippen LogP contribution >= 0.6 is 11.6 Å². The second-order valence-electron chi connectivity index (χ2n) is 6.72. The number of carbonyl (C=O) groups excluding carboxylic acids is 1. The van der Waals surface area contributed by atoms with E-state index in [1.807, 2.05) is 0 Å². The van der Waals surface area contributed by atoms with Gasteiger partial charge in [-0.25, -0.2) is 13.8 Å². The van der Waals surface area contributed by atoms with Gasteiger partial charge < -0.3 is 0 Å². The fraction of sp³-hybridized carbons (Fsp3) is 0.263. The molecule has 0 saturated carbocycles. The standard InChI is InChI=1S/C19H19ClN4O5S/c20-16-4-6-18(7-5-16)30(28,29)23-10-8-15(9-11-23)19(25)22-21-13-14-2-1-3-17(12-14)24(26)27/h1-7,12-13,15H,8-11H2,(H,22,25)/b21-13-. The largest absolute Gasteiger partial charge is 0.273 e. The van der Waals surface area contributed by atoms with Crippen LogP contribution in [0, 0.1) is 16.0 Å². The topological polar surface area (TPSA) is 122 Å². The van der Waals surface area contributed by atoms with Crippen molar-refractivity contribution in [3.05, 3.63) is 69.2 Å². The van der Waals surface area contributed by atoms with E-state index < -0.39 is 14.9 Å². The Morgan fingerprint density at radius 2 is 1.87 bits per heavy atom. The summed E-state index contributed by atoms with van der Waals surface area (Å²) in [5.74, 6) is -0.691. The molecule has 11 heteroatoms. The Balaban J connectivity index is 1.54. The highest BCUT2D eigenvalue weighted by Crippen LogP contribution is 2.25. The van der Waals surface area contributed by atoms with E-state index in [1.165, 1.54) is 53.0 Å². The van der Waals surface area contributed by atoms with E-state index in [0.717, 1.165) is 0 Å². The molecule has 2 aromatic carbocycles. The summed E-state index contributed by atoms with van der Waals surface area (Å²) >= 11 is 5.81. The molecule has 0 aromatic heterocycles. The molecule has 1 aliphatic heterocycles. The number of hydrogen-bond donors (Lipinski definition) is 1. The number of nitro groups is 1. The Hall–Kier alpha value is -2.82. The zero-order valence-corrected chi connectivity index (χ0v) is 17.3. The van der Waals surface area contributed by atoms with Gasteiger partial charge in [0.1, 0.15) is 0 Å². The predicted octanol–water partition coefficient (Wildman–Crippen LogP) is 2.80. The number of nitrogens with one attached hydrogen (secondary N) is 1. The van der Waals surface area contributed by atoms with Gasteiger partial charge in [-0.1, -0.05) is 23.7 Å². The first-order valence-corrected chi connectivity index (χ1v) is 10.9. The number of non-ortho nitro benzene ring substituents is 1. The molecule has 0 atom stereocenters. The molecule has 0 radical (unpaired) electrons. The third kappa shape index (κ3) is 5.21. The molecule has 0 unspecified atom stereocenters. The molecular weight excluding hydrogens is 432 g/mol. The fourth-order valence-electron chi connectivity index (χ4n) is 3.09. The molecule has 1 N–H and O–H groups in total. The first-order valence-electron chi connectivity index (χ1n) is 9.10. The number of hydrogen-bond acceptors (Lipinski definition) is 6. The van der Waals surface area contributed by atoms with Crippen molar-refractivity contribution >= 4 is 39.4 Å². The van der Waals surface area contributed by atoms with Crippen molar-refractivity contribution in [2.24, 2.45) is 11.0 Å². The van der Waals surface area contributed by atoms with Gasteiger partial charge in [0.25, 0.3) is 5.69 Å². The monoisotopic (exact) mass is 450 g/mol. The first kappa shape index (κ1) is 21.9. The Kier molecular flexibility index (Phi) is 6.80. The van der Waals surface area contributed by atoms with Gasteiger partial charge in [-0.2, -0.15) is 9.41 Å². The van der Waals surface area contributed by atoms with E-state index in [2.05, 4.69) is 10.5 Å². The number of amides is 1. The van der Waals surface area contributed by atoms with Gasteiger partial charge in [0.15, 0.2) is 0 Å². The summed E-state index contributed by atoms with van der Waals surface area (Å²) < 4.78 is 26.7. The number of nitrogens with zero attached hydrogens (tertiary/aromatic N) is 3. The van der Waals surface area contributed by atoms with Gasteiger partial charge in [-0.05, 0) is 37.1 Å². The van der Waals surface area contributed by atoms with Crippen molar-refractivity contribution < 1.29 is 18.1 Å². The molecular formula is C19H19ClN4O5S. The molecule has 1 heterocycles. The second-order valence-corrected chi connectivity index (χ2v) is 9.09. The number of halogens is 1. The molecule has 3 rings (SSSR count). The van der Waals surface area contributed by atoms with Crippen molar-refractivity contribution in [1.29, 1.82) is 0 Å². The number of nitro benzene ring substituents is 1. The quantitative estimate of drug-likeness (QED) is 0.412. The van der Waals surface area contributed by atoms with Crippen molar-refractivity contribution in [2.45, 2.75) is 17.7 Å². The average Bonchev–Trinajstić information content (AvgIpc) is 2.74. The third-order valence-electron chi connectivity index (χ3n) is 4.75. The molecule has 30 heavy (non-hydrogen) atoms. The Bertz CT molecular complexity index is 1060. The van der Waals surface area contributed by atoms with Gasteiger partial charge in [-0.3, -0.25) is 14.9 Å². The molecule has 9 nitrogen and oxygen atoms in total. The molecule has 0 bridgehead atoms. The number of hydrazone groups is 1. The van der Waals surface area contributed by atoms with Crippen LogP contribution in [0.15, 0.2) is 58.5 Å². The number of piperidine rings is 1. The number of rotatable bonds is 6. The predicted molar refractivity (Wildman–Crippen MR) is 112 cm³/mol. The Morgan fingerprint density at radius 3 is 2.50 bits per heavy atom. The van der Waals surface area contributed by atoms with Crippen molar-refractivity contribution in [1.82, 2.24) is 9.73 Å². The maximum Gasteiger partial charge on any atom is 0.270 e. The van der Waals surface area contributed by atoms with Gasteiger partial charge >= 0.3 is 0 Å². The summed E-state index contributed by atoms with van der Waals surface area (Å²) in [5, 5.41) is 15.1. The van der Waals surface area contributed by atoms with E-state index >= 15 is 0 Å².